The van der Waals surface area contributed by atoms with Crippen molar-refractivity contribution in [1.82, 2.24) is 0 Å². The number of carbonyl (C=O) groups is 1. The average molecular weight is 389 g/mol. The summed E-state index contributed by atoms with van der Waals surface area (Å²) in [5.41, 5.74) is 2.52. The molecule has 0 aliphatic rings. The number of anilines is 1. The van der Waals surface area contributed by atoms with Crippen molar-refractivity contribution < 1.29 is 14.3 Å². The molecule has 3 rings (SSSR count). The van der Waals surface area contributed by atoms with Gasteiger partial charge in [-0.05, 0) is 54.4 Å². The van der Waals surface area contributed by atoms with E-state index in [4.69, 9.17) is 9.47 Å². The van der Waals surface area contributed by atoms with Crippen molar-refractivity contribution in [3.8, 4) is 11.5 Å². The lowest BCUT2D eigenvalue weighted by molar-refractivity contribution is 0.102. The quantitative estimate of drug-likeness (QED) is 0.450. The first-order valence-corrected chi connectivity index (χ1v) is 10.1. The maximum atomic E-state index is 12.6. The lowest BCUT2D eigenvalue weighted by atomic mass is 10.1. The van der Waals surface area contributed by atoms with Crippen LogP contribution in [0.1, 0.15) is 35.7 Å². The Hall–Kier alpha value is -3.27. The molecule has 1 amide bonds. The van der Waals surface area contributed by atoms with Crippen LogP contribution >= 0.6 is 0 Å². The van der Waals surface area contributed by atoms with E-state index >= 15 is 0 Å². The second kappa shape index (κ2) is 10.9. The molecule has 0 heterocycles. The van der Waals surface area contributed by atoms with Crippen LogP contribution in [-0.4, -0.2) is 19.1 Å². The van der Waals surface area contributed by atoms with Crippen molar-refractivity contribution in [2.24, 2.45) is 0 Å². The van der Waals surface area contributed by atoms with Crippen LogP contribution < -0.4 is 14.8 Å². The first-order valence-electron chi connectivity index (χ1n) is 10.1. The molecular weight excluding hydrogens is 362 g/mol. The van der Waals surface area contributed by atoms with E-state index in [-0.39, 0.29) is 5.91 Å². The zero-order chi connectivity index (χ0) is 20.3. The van der Waals surface area contributed by atoms with Gasteiger partial charge in [0.25, 0.3) is 5.91 Å². The zero-order valence-electron chi connectivity index (χ0n) is 16.8. The number of nitrogens with one attached hydrogen (secondary N) is 1. The van der Waals surface area contributed by atoms with Crippen LogP contribution in [0.25, 0.3) is 0 Å². The molecule has 0 unspecified atom stereocenters. The second-order valence-corrected chi connectivity index (χ2v) is 6.79. The minimum atomic E-state index is -0.168. The van der Waals surface area contributed by atoms with Crippen molar-refractivity contribution in [3.05, 3.63) is 90.0 Å². The normalized spacial score (nSPS) is 10.4. The fourth-order valence-corrected chi connectivity index (χ4v) is 2.83. The van der Waals surface area contributed by atoms with Crippen LogP contribution in [-0.2, 0) is 6.42 Å². The van der Waals surface area contributed by atoms with E-state index in [1.54, 1.807) is 12.1 Å². The highest BCUT2D eigenvalue weighted by Gasteiger charge is 2.08. The zero-order valence-corrected chi connectivity index (χ0v) is 16.8. The monoisotopic (exact) mass is 389 g/mol. The Bertz CT molecular complexity index is 891. The van der Waals surface area contributed by atoms with Crippen LogP contribution in [0.4, 0.5) is 5.69 Å². The summed E-state index contributed by atoms with van der Waals surface area (Å²) < 4.78 is 11.5. The summed E-state index contributed by atoms with van der Waals surface area (Å²) in [6.07, 6.45) is 2.95. The maximum absolute atomic E-state index is 12.6. The predicted octanol–water partition coefficient (Wildman–Crippen LogP) is 5.74. The van der Waals surface area contributed by atoms with Crippen molar-refractivity contribution >= 4 is 11.6 Å². The molecule has 1 N–H and O–H groups in total. The largest absolute Gasteiger partial charge is 0.494 e. The van der Waals surface area contributed by atoms with E-state index in [2.05, 4.69) is 24.4 Å². The van der Waals surface area contributed by atoms with E-state index in [1.807, 2.05) is 54.6 Å². The summed E-state index contributed by atoms with van der Waals surface area (Å²) in [4.78, 5) is 12.6. The van der Waals surface area contributed by atoms with E-state index in [0.717, 1.165) is 30.7 Å². The summed E-state index contributed by atoms with van der Waals surface area (Å²) in [6, 6.07) is 24.9. The molecule has 3 aromatic rings. The van der Waals surface area contributed by atoms with E-state index in [0.29, 0.717) is 24.5 Å². The number of carbonyl (C=O) groups excluding carboxylic acids is 1. The van der Waals surface area contributed by atoms with E-state index < -0.39 is 0 Å². The van der Waals surface area contributed by atoms with Crippen molar-refractivity contribution in [2.75, 3.05) is 18.5 Å². The molecule has 29 heavy (non-hydrogen) atoms. The summed E-state index contributed by atoms with van der Waals surface area (Å²) in [5.74, 6) is 1.33. The highest BCUT2D eigenvalue weighted by atomic mass is 16.5. The third kappa shape index (κ3) is 6.68. The van der Waals surface area contributed by atoms with Gasteiger partial charge >= 0.3 is 0 Å². The van der Waals surface area contributed by atoms with Crippen molar-refractivity contribution in [2.45, 2.75) is 26.2 Å². The van der Waals surface area contributed by atoms with Crippen molar-refractivity contribution in [3.63, 3.8) is 0 Å². The van der Waals surface area contributed by atoms with Crippen LogP contribution in [0.5, 0.6) is 11.5 Å². The highest BCUT2D eigenvalue weighted by Crippen LogP contribution is 2.19. The number of amides is 1. The number of unbranched alkanes of at least 4 members (excludes halogenated alkanes) is 1. The van der Waals surface area contributed by atoms with Gasteiger partial charge in [0.1, 0.15) is 11.5 Å². The number of hydrogen-bond donors (Lipinski definition) is 1. The van der Waals surface area contributed by atoms with Gasteiger partial charge in [-0.25, -0.2) is 0 Å². The van der Waals surface area contributed by atoms with Gasteiger partial charge in [0, 0.05) is 17.7 Å². The van der Waals surface area contributed by atoms with Gasteiger partial charge in [-0.2, -0.15) is 0 Å². The Kier molecular flexibility index (Phi) is 7.70. The number of ether oxygens (including phenoxy) is 2. The van der Waals surface area contributed by atoms with Crippen LogP contribution in [0, 0.1) is 0 Å². The fraction of sp³-hybridized carbons (Fsp3) is 0.240. The smallest absolute Gasteiger partial charge is 0.255 e. The molecule has 3 aromatic carbocycles. The highest BCUT2D eigenvalue weighted by molar-refractivity contribution is 6.04. The minimum Gasteiger partial charge on any atom is -0.494 e. The molecule has 0 radical (unpaired) electrons. The van der Waals surface area contributed by atoms with Gasteiger partial charge < -0.3 is 14.8 Å². The molecule has 0 aliphatic heterocycles. The van der Waals surface area contributed by atoms with Gasteiger partial charge in [0.15, 0.2) is 0 Å². The lowest BCUT2D eigenvalue weighted by Crippen LogP contribution is -2.12. The Morgan fingerprint density at radius 3 is 2.34 bits per heavy atom. The van der Waals surface area contributed by atoms with Gasteiger partial charge in [-0.3, -0.25) is 4.79 Å². The first-order chi connectivity index (χ1) is 14.2. The molecule has 150 valence electrons. The topological polar surface area (TPSA) is 47.6 Å². The molecule has 0 fully saturated rings. The average Bonchev–Trinajstić information content (AvgIpc) is 2.76. The Balaban J connectivity index is 1.52. The summed E-state index contributed by atoms with van der Waals surface area (Å²) >= 11 is 0. The second-order valence-electron chi connectivity index (χ2n) is 6.79. The van der Waals surface area contributed by atoms with Crippen LogP contribution in [0.2, 0.25) is 0 Å². The van der Waals surface area contributed by atoms with Crippen molar-refractivity contribution in [1.29, 1.82) is 0 Å². The van der Waals surface area contributed by atoms with Crippen LogP contribution in [0.15, 0.2) is 78.9 Å². The molecule has 0 bridgehead atoms. The maximum Gasteiger partial charge on any atom is 0.255 e. The molecule has 0 saturated carbocycles. The SMILES string of the molecule is CCCCOc1ccc(NC(=O)c2cccc(OCCc3ccccc3)c2)cc1. The van der Waals surface area contributed by atoms with Gasteiger partial charge in [0.2, 0.25) is 0 Å². The lowest BCUT2D eigenvalue weighted by Gasteiger charge is -2.10. The van der Waals surface area contributed by atoms with Gasteiger partial charge in [0.05, 0.1) is 13.2 Å². The fourth-order valence-electron chi connectivity index (χ4n) is 2.83. The molecular formula is C25H27NO3. The minimum absolute atomic E-state index is 0.168. The summed E-state index contributed by atoms with van der Waals surface area (Å²) in [6.45, 7) is 3.40. The molecule has 0 aromatic heterocycles. The predicted molar refractivity (Wildman–Crippen MR) is 117 cm³/mol. The Labute approximate surface area is 172 Å². The van der Waals surface area contributed by atoms with Crippen LogP contribution in [0.3, 0.4) is 0 Å². The van der Waals surface area contributed by atoms with E-state index in [1.165, 1.54) is 5.56 Å². The molecule has 0 saturated heterocycles. The third-order valence-corrected chi connectivity index (χ3v) is 4.48. The summed E-state index contributed by atoms with van der Waals surface area (Å²) in [7, 11) is 0. The standard InChI is InChI=1S/C25H27NO3/c1-2-3-17-28-23-14-12-22(13-15-23)26-25(27)21-10-7-11-24(19-21)29-18-16-20-8-5-4-6-9-20/h4-15,19H,2-3,16-18H2,1H3,(H,26,27). The molecule has 0 aliphatic carbocycles. The molecule has 0 atom stereocenters. The first kappa shape index (κ1) is 20.5. The Morgan fingerprint density at radius 1 is 0.828 bits per heavy atom. The molecule has 4 heteroatoms. The van der Waals surface area contributed by atoms with Gasteiger partial charge in [-0.1, -0.05) is 49.7 Å². The Morgan fingerprint density at radius 2 is 1.59 bits per heavy atom. The third-order valence-electron chi connectivity index (χ3n) is 4.48. The molecule has 4 nitrogen and oxygen atoms in total. The number of rotatable bonds is 10. The molecule has 0 spiro atoms. The van der Waals surface area contributed by atoms with Gasteiger partial charge in [-0.15, -0.1) is 0 Å². The van der Waals surface area contributed by atoms with E-state index in [9.17, 15) is 4.79 Å². The number of hydrogen-bond acceptors (Lipinski definition) is 3. The number of benzene rings is 3. The summed E-state index contributed by atoms with van der Waals surface area (Å²) in [5, 5.41) is 2.91.